The lowest BCUT2D eigenvalue weighted by Gasteiger charge is -2.15. The number of benzene rings is 2. The number of nitrogens with two attached hydrogens (primary N) is 1. The molecule has 288 valence electrons. The molecule has 0 radical (unpaired) electrons. The van der Waals surface area contributed by atoms with E-state index < -0.39 is 0 Å². The van der Waals surface area contributed by atoms with Crippen LogP contribution in [0.25, 0.3) is 23.0 Å². The average molecular weight is 830 g/mol. The molecule has 2 saturated carbocycles. The number of hydrogen-bond donors (Lipinski definition) is 2. The first-order valence-electron chi connectivity index (χ1n) is 18.4. The number of carbonyl (C=O) groups excluding carboxylic acids is 4. The molecule has 4 aliphatic rings. The molecule has 4 aromatic heterocycles. The van der Waals surface area contributed by atoms with Crippen molar-refractivity contribution in [2.45, 2.75) is 64.7 Å². The van der Waals surface area contributed by atoms with Gasteiger partial charge in [-0.3, -0.25) is 29.0 Å². The molecule has 2 aliphatic carbocycles. The van der Waals surface area contributed by atoms with Gasteiger partial charge >= 0.3 is 0 Å². The number of nitrogens with zero attached hydrogens (tertiary/aromatic N) is 10. The van der Waals surface area contributed by atoms with Gasteiger partial charge in [-0.05, 0) is 97.5 Å². The van der Waals surface area contributed by atoms with Gasteiger partial charge in [-0.2, -0.15) is 0 Å². The fourth-order valence-electron chi connectivity index (χ4n) is 6.75. The van der Waals surface area contributed by atoms with Crippen molar-refractivity contribution in [3.63, 3.8) is 0 Å². The van der Waals surface area contributed by atoms with Gasteiger partial charge in [0.15, 0.2) is 11.6 Å². The van der Waals surface area contributed by atoms with E-state index in [9.17, 15) is 19.2 Å². The van der Waals surface area contributed by atoms with E-state index in [1.165, 1.54) is 13.8 Å². The first-order chi connectivity index (χ1) is 27.5. The van der Waals surface area contributed by atoms with Crippen LogP contribution in [0.4, 0.5) is 17.3 Å². The Balaban J connectivity index is 0.000000147. The molecule has 57 heavy (non-hydrogen) atoms. The van der Waals surface area contributed by atoms with E-state index in [1.807, 2.05) is 65.2 Å². The standard InChI is InChI=1S/C20H18N6O2.C18H14BrN5O.C2H5NO/c1-12(27)22-14-5-8-16-13(9-14)10-25(20(16)28)18-4-2-3-17(23-18)19-24-21-11-26(19)15-6-7-15;19-12-4-7-14-11(8-12)9-23(18(14)25)16-3-1-2-15(21-16)17-22-20-10-24(17)13-5-6-13;1-2(3)4/h2-5,8-9,11,15H,6-7,10H2,1H3,(H,22,27);1-4,7-8,10,13H,5-6,9H2;1H3,(H2,3,4). The van der Waals surface area contributed by atoms with Crippen LogP contribution in [-0.2, 0) is 22.7 Å². The molecule has 0 unspecified atom stereocenters. The van der Waals surface area contributed by atoms with E-state index in [2.05, 4.69) is 56.9 Å². The minimum absolute atomic E-state index is 0.0178. The number of primary amides is 1. The molecule has 10 rings (SSSR count). The summed E-state index contributed by atoms with van der Waals surface area (Å²) in [6.45, 7) is 3.70. The van der Waals surface area contributed by atoms with Crippen molar-refractivity contribution >= 4 is 56.9 Å². The predicted octanol–water partition coefficient (Wildman–Crippen LogP) is 5.88. The zero-order valence-corrected chi connectivity index (χ0v) is 32.6. The Morgan fingerprint density at radius 3 is 1.65 bits per heavy atom. The van der Waals surface area contributed by atoms with Crippen molar-refractivity contribution < 1.29 is 19.2 Å². The van der Waals surface area contributed by atoms with Gasteiger partial charge in [-0.25, -0.2) is 9.97 Å². The third-order valence-corrected chi connectivity index (χ3v) is 10.1. The normalized spacial score (nSPS) is 15.3. The highest BCUT2D eigenvalue weighted by Gasteiger charge is 2.33. The maximum absolute atomic E-state index is 12.9. The Morgan fingerprint density at radius 2 is 1.18 bits per heavy atom. The van der Waals surface area contributed by atoms with Crippen molar-refractivity contribution in [3.8, 4) is 23.0 Å². The van der Waals surface area contributed by atoms with E-state index in [-0.39, 0.29) is 23.6 Å². The summed E-state index contributed by atoms with van der Waals surface area (Å²) in [5, 5.41) is 19.3. The Labute approximate surface area is 335 Å². The van der Waals surface area contributed by atoms with Crippen molar-refractivity contribution in [3.05, 3.63) is 112 Å². The van der Waals surface area contributed by atoms with Crippen LogP contribution in [0.1, 0.15) is 83.5 Å². The predicted molar refractivity (Wildman–Crippen MR) is 214 cm³/mol. The van der Waals surface area contributed by atoms with Gasteiger partial charge in [-0.15, -0.1) is 20.4 Å². The van der Waals surface area contributed by atoms with Crippen LogP contribution in [0.5, 0.6) is 0 Å². The molecule has 6 heterocycles. The lowest BCUT2D eigenvalue weighted by atomic mass is 10.1. The van der Waals surface area contributed by atoms with Gasteiger partial charge < -0.3 is 20.2 Å². The molecular weight excluding hydrogens is 792 g/mol. The second-order valence-corrected chi connectivity index (χ2v) is 15.0. The van der Waals surface area contributed by atoms with Gasteiger partial charge in [0.25, 0.3) is 11.8 Å². The van der Waals surface area contributed by atoms with E-state index >= 15 is 0 Å². The third-order valence-electron chi connectivity index (χ3n) is 9.61. The molecule has 2 aliphatic heterocycles. The van der Waals surface area contributed by atoms with Crippen molar-refractivity contribution in [2.75, 3.05) is 15.1 Å². The monoisotopic (exact) mass is 828 g/mol. The molecule has 0 bridgehead atoms. The summed E-state index contributed by atoms with van der Waals surface area (Å²) >= 11 is 3.46. The Morgan fingerprint density at radius 1 is 0.702 bits per heavy atom. The smallest absolute Gasteiger partial charge is 0.260 e. The molecular formula is C40H37BrN12O4. The van der Waals surface area contributed by atoms with Crippen LogP contribution in [-0.4, -0.2) is 63.1 Å². The quantitative estimate of drug-likeness (QED) is 0.196. The first-order valence-corrected chi connectivity index (χ1v) is 19.2. The number of pyridine rings is 2. The highest BCUT2D eigenvalue weighted by Crippen LogP contribution is 2.39. The van der Waals surface area contributed by atoms with E-state index in [1.54, 1.807) is 34.6 Å². The number of aromatic nitrogens is 8. The van der Waals surface area contributed by atoms with Crippen molar-refractivity contribution in [1.29, 1.82) is 0 Å². The molecule has 3 N–H and O–H groups in total. The van der Waals surface area contributed by atoms with Crippen LogP contribution < -0.4 is 20.9 Å². The number of fused-ring (bicyclic) bond motifs is 2. The molecule has 0 atom stereocenters. The third kappa shape index (κ3) is 8.05. The van der Waals surface area contributed by atoms with Crippen LogP contribution in [0.2, 0.25) is 0 Å². The summed E-state index contributed by atoms with van der Waals surface area (Å²) in [6.07, 6.45) is 8.05. The number of rotatable bonds is 7. The molecule has 16 nitrogen and oxygen atoms in total. The zero-order valence-electron chi connectivity index (χ0n) is 31.0. The minimum Gasteiger partial charge on any atom is -0.370 e. The van der Waals surface area contributed by atoms with E-state index in [0.717, 1.165) is 64.2 Å². The van der Waals surface area contributed by atoms with Crippen LogP contribution >= 0.6 is 15.9 Å². The van der Waals surface area contributed by atoms with Gasteiger partial charge in [0, 0.05) is 47.2 Å². The molecule has 17 heteroatoms. The van der Waals surface area contributed by atoms with Crippen LogP contribution in [0.15, 0.2) is 89.9 Å². The largest absolute Gasteiger partial charge is 0.370 e. The molecule has 0 saturated heterocycles. The van der Waals surface area contributed by atoms with Crippen LogP contribution in [0, 0.1) is 0 Å². The Kier molecular flexibility index (Phi) is 10.1. The number of amides is 4. The fraction of sp³-hybridized carbons (Fsp3) is 0.250. The maximum atomic E-state index is 12.9. The summed E-state index contributed by atoms with van der Waals surface area (Å²) in [5.41, 5.74) is 9.83. The zero-order chi connectivity index (χ0) is 39.8. The summed E-state index contributed by atoms with van der Waals surface area (Å²) in [7, 11) is 0. The van der Waals surface area contributed by atoms with Gasteiger partial charge in [0.1, 0.15) is 35.7 Å². The lowest BCUT2D eigenvalue weighted by molar-refractivity contribution is -0.116. The summed E-state index contributed by atoms with van der Waals surface area (Å²) < 4.78 is 5.09. The number of nitrogens with one attached hydrogen (secondary N) is 1. The lowest BCUT2D eigenvalue weighted by Crippen LogP contribution is -2.24. The van der Waals surface area contributed by atoms with Gasteiger partial charge in [0.2, 0.25) is 11.8 Å². The fourth-order valence-corrected chi connectivity index (χ4v) is 7.16. The molecule has 0 spiro atoms. The second-order valence-electron chi connectivity index (χ2n) is 14.1. The topological polar surface area (TPSA) is 200 Å². The maximum Gasteiger partial charge on any atom is 0.260 e. The van der Waals surface area contributed by atoms with E-state index in [4.69, 9.17) is 4.98 Å². The first kappa shape index (κ1) is 37.3. The number of hydrogen-bond acceptors (Lipinski definition) is 10. The Hall–Kier alpha value is -6.62. The highest BCUT2D eigenvalue weighted by atomic mass is 79.9. The van der Waals surface area contributed by atoms with Crippen LogP contribution in [0.3, 0.4) is 0 Å². The molecule has 2 fully saturated rings. The number of carbonyl (C=O) groups is 4. The molecule has 4 amide bonds. The average Bonchev–Trinajstić information content (AvgIpc) is 4.05. The minimum atomic E-state index is -0.333. The van der Waals surface area contributed by atoms with E-state index in [0.29, 0.717) is 53.8 Å². The Bertz CT molecular complexity index is 2540. The number of anilines is 3. The summed E-state index contributed by atoms with van der Waals surface area (Å²) in [4.78, 5) is 58.8. The summed E-state index contributed by atoms with van der Waals surface area (Å²) in [5.74, 6) is 2.10. The molecule has 2 aromatic carbocycles. The SMILES string of the molecule is CC(=O)Nc1ccc2c(c1)CN(c1cccc(-c3nncn3C3CC3)n1)C2=O.CC(N)=O.O=C1c2ccc(Br)cc2CN1c1cccc(-c2nncn2C2CC2)n1. The van der Waals surface area contributed by atoms with Crippen molar-refractivity contribution in [1.82, 2.24) is 39.5 Å². The van der Waals surface area contributed by atoms with Crippen molar-refractivity contribution in [2.24, 2.45) is 5.73 Å². The van der Waals surface area contributed by atoms with Gasteiger partial charge in [-0.1, -0.05) is 28.1 Å². The number of halogens is 1. The molecule has 6 aromatic rings. The summed E-state index contributed by atoms with van der Waals surface area (Å²) in [6, 6.07) is 23.2. The second kappa shape index (κ2) is 15.5. The highest BCUT2D eigenvalue weighted by molar-refractivity contribution is 9.10. The van der Waals surface area contributed by atoms with Gasteiger partial charge in [0.05, 0.1) is 13.1 Å².